The Labute approximate surface area is 180 Å². The molecule has 0 aliphatic carbocycles. The summed E-state index contributed by atoms with van der Waals surface area (Å²) in [5, 5.41) is 0. The quantitative estimate of drug-likeness (QED) is 0.695. The van der Waals surface area contributed by atoms with Crippen molar-refractivity contribution in [2.75, 3.05) is 28.4 Å². The zero-order valence-corrected chi connectivity index (χ0v) is 20.3. The molecule has 0 saturated heterocycles. The van der Waals surface area contributed by atoms with Crippen molar-refractivity contribution in [1.29, 1.82) is 0 Å². The van der Waals surface area contributed by atoms with Gasteiger partial charge in [0.15, 0.2) is 0 Å². The minimum absolute atomic E-state index is 0.191. The normalized spacial score (nSPS) is 31.8. The summed E-state index contributed by atoms with van der Waals surface area (Å²) in [7, 11) is 6.51. The summed E-state index contributed by atoms with van der Waals surface area (Å²) in [6.07, 6.45) is 0. The molecule has 0 amide bonds. The predicted molar refractivity (Wildman–Crippen MR) is 121 cm³/mol. The van der Waals surface area contributed by atoms with Crippen LogP contribution in [0.5, 0.6) is 0 Å². The van der Waals surface area contributed by atoms with E-state index < -0.39 is 11.1 Å². The van der Waals surface area contributed by atoms with Gasteiger partial charge >= 0.3 is 0 Å². The number of aliphatic imine (C=N–C) groups is 4. The van der Waals surface area contributed by atoms with E-state index in [9.17, 15) is 0 Å². The predicted octanol–water partition coefficient (Wildman–Crippen LogP) is 3.40. The van der Waals surface area contributed by atoms with Crippen molar-refractivity contribution < 1.29 is 18.9 Å². The number of hydrogen-bond donors (Lipinski definition) is 0. The summed E-state index contributed by atoms with van der Waals surface area (Å²) in [4.78, 5) is 19.7. The van der Waals surface area contributed by atoms with E-state index in [2.05, 4.69) is 34.6 Å². The van der Waals surface area contributed by atoms with Gasteiger partial charge in [-0.2, -0.15) is 0 Å². The largest absolute Gasteiger partial charge is 0.483 e. The Morgan fingerprint density at radius 3 is 1.20 bits per heavy atom. The zero-order chi connectivity index (χ0) is 22.9. The molecule has 0 saturated carbocycles. The van der Waals surface area contributed by atoms with Crippen molar-refractivity contribution >= 4 is 23.6 Å². The van der Waals surface area contributed by atoms with Gasteiger partial charge in [0.05, 0.1) is 28.4 Å². The zero-order valence-electron chi connectivity index (χ0n) is 20.3. The van der Waals surface area contributed by atoms with Crippen molar-refractivity contribution in [3.05, 3.63) is 0 Å². The Morgan fingerprint density at radius 2 is 0.967 bits per heavy atom. The molecule has 0 aromatic heterocycles. The van der Waals surface area contributed by atoms with Gasteiger partial charge in [-0.1, -0.05) is 34.6 Å². The van der Waals surface area contributed by atoms with Gasteiger partial charge in [-0.15, -0.1) is 0 Å². The van der Waals surface area contributed by atoms with Gasteiger partial charge < -0.3 is 18.9 Å². The molecule has 170 valence electrons. The molecule has 0 radical (unpaired) electrons. The average molecular weight is 423 g/mol. The highest BCUT2D eigenvalue weighted by Crippen LogP contribution is 2.41. The van der Waals surface area contributed by atoms with Crippen LogP contribution in [0.1, 0.15) is 48.5 Å². The molecule has 0 bridgehead atoms. The molecule has 0 fully saturated rings. The Kier molecular flexibility index (Phi) is 7.20. The van der Waals surface area contributed by atoms with Crippen molar-refractivity contribution in [1.82, 2.24) is 0 Å². The van der Waals surface area contributed by atoms with Crippen LogP contribution in [0, 0.1) is 17.8 Å². The molecule has 2 rings (SSSR count). The molecule has 2 aliphatic rings. The van der Waals surface area contributed by atoms with Crippen LogP contribution >= 0.6 is 0 Å². The third-order valence-corrected chi connectivity index (χ3v) is 6.32. The van der Waals surface area contributed by atoms with E-state index in [4.69, 9.17) is 38.9 Å². The highest BCUT2D eigenvalue weighted by molar-refractivity contribution is 6.00. The van der Waals surface area contributed by atoms with Gasteiger partial charge in [0.25, 0.3) is 0 Å². The first-order chi connectivity index (χ1) is 14.0. The first kappa shape index (κ1) is 24.2. The maximum atomic E-state index is 5.75. The third kappa shape index (κ3) is 3.93. The van der Waals surface area contributed by atoms with Crippen molar-refractivity contribution in [2.24, 2.45) is 37.7 Å². The van der Waals surface area contributed by atoms with Crippen LogP contribution in [0.3, 0.4) is 0 Å². The maximum Gasteiger partial charge on any atom is 0.212 e. The van der Waals surface area contributed by atoms with E-state index in [0.29, 0.717) is 23.6 Å². The van der Waals surface area contributed by atoms with E-state index in [1.165, 1.54) is 0 Å². The fourth-order valence-corrected chi connectivity index (χ4v) is 4.14. The standard InChI is InChI=1S/C22H38N4O4/c1-12(2)15-17(27-8)25-21(6,19(23-15)29-10)14(5)22(7)20(30-11)24-16(13(3)4)18(26-22)28-9/h12-16H,1-11H3/t15-,16-,21+,22+/m1/s1. The highest BCUT2D eigenvalue weighted by atomic mass is 16.5. The Morgan fingerprint density at radius 1 is 0.633 bits per heavy atom. The minimum Gasteiger partial charge on any atom is -0.483 e. The van der Waals surface area contributed by atoms with Gasteiger partial charge in [0.1, 0.15) is 23.2 Å². The van der Waals surface area contributed by atoms with Gasteiger partial charge in [0.2, 0.25) is 23.6 Å². The van der Waals surface area contributed by atoms with Crippen LogP contribution in [0.15, 0.2) is 20.0 Å². The monoisotopic (exact) mass is 422 g/mol. The topological polar surface area (TPSA) is 86.4 Å². The summed E-state index contributed by atoms with van der Waals surface area (Å²) in [5.74, 6) is 2.49. The second-order valence-corrected chi connectivity index (χ2v) is 8.98. The Balaban J connectivity index is 2.62. The first-order valence-corrected chi connectivity index (χ1v) is 10.5. The molecule has 8 heteroatoms. The summed E-state index contributed by atoms with van der Waals surface area (Å²) in [6, 6.07) is -0.383. The van der Waals surface area contributed by atoms with Crippen LogP contribution in [0.4, 0.5) is 0 Å². The van der Waals surface area contributed by atoms with Crippen LogP contribution < -0.4 is 0 Å². The van der Waals surface area contributed by atoms with Crippen molar-refractivity contribution in [2.45, 2.75) is 71.6 Å². The molecule has 0 aromatic rings. The highest BCUT2D eigenvalue weighted by Gasteiger charge is 2.55. The average Bonchev–Trinajstić information content (AvgIpc) is 2.71. The van der Waals surface area contributed by atoms with Crippen molar-refractivity contribution in [3.8, 4) is 0 Å². The lowest BCUT2D eigenvalue weighted by Crippen LogP contribution is -2.59. The number of hydrogen-bond acceptors (Lipinski definition) is 8. The molecular formula is C22H38N4O4. The van der Waals surface area contributed by atoms with Gasteiger partial charge in [-0.05, 0) is 25.7 Å². The third-order valence-electron chi connectivity index (χ3n) is 6.32. The van der Waals surface area contributed by atoms with E-state index in [0.717, 1.165) is 0 Å². The Hall–Kier alpha value is -2.12. The SMILES string of the molecule is COC1=N[C@@](C)(C(C)[C@]2(C)N=C(OC)[C@@H](C(C)C)N=C2OC)C(OC)=N[C@@H]1C(C)C. The molecule has 0 N–H and O–H groups in total. The lowest BCUT2D eigenvalue weighted by molar-refractivity contribution is 0.211. The molecule has 0 aromatic carbocycles. The van der Waals surface area contributed by atoms with Crippen LogP contribution in [-0.4, -0.2) is 75.2 Å². The van der Waals surface area contributed by atoms with Gasteiger partial charge in [-0.3, -0.25) is 0 Å². The summed E-state index contributed by atoms with van der Waals surface area (Å²) >= 11 is 0. The second-order valence-electron chi connectivity index (χ2n) is 8.98. The van der Waals surface area contributed by atoms with E-state index >= 15 is 0 Å². The van der Waals surface area contributed by atoms with Crippen LogP contribution in [-0.2, 0) is 18.9 Å². The Bertz CT molecular complexity index is 696. The summed E-state index contributed by atoms with van der Waals surface area (Å²) in [6.45, 7) is 14.4. The molecule has 2 heterocycles. The molecular weight excluding hydrogens is 384 g/mol. The fourth-order valence-electron chi connectivity index (χ4n) is 4.14. The summed E-state index contributed by atoms with van der Waals surface area (Å²) in [5.41, 5.74) is -1.65. The maximum absolute atomic E-state index is 5.75. The van der Waals surface area contributed by atoms with Gasteiger partial charge in [-0.25, -0.2) is 20.0 Å². The number of rotatable bonds is 4. The lowest BCUT2D eigenvalue weighted by Gasteiger charge is -2.45. The number of ether oxygens (including phenoxy) is 4. The molecule has 30 heavy (non-hydrogen) atoms. The minimum atomic E-state index is -0.827. The van der Waals surface area contributed by atoms with E-state index in [1.54, 1.807) is 28.4 Å². The van der Waals surface area contributed by atoms with Crippen LogP contribution in [0.25, 0.3) is 0 Å². The molecule has 8 nitrogen and oxygen atoms in total. The smallest absolute Gasteiger partial charge is 0.212 e. The van der Waals surface area contributed by atoms with Crippen LogP contribution in [0.2, 0.25) is 0 Å². The molecule has 2 aliphatic heterocycles. The van der Waals surface area contributed by atoms with Crippen molar-refractivity contribution in [3.63, 3.8) is 0 Å². The molecule has 4 atom stereocenters. The lowest BCUT2D eigenvalue weighted by atomic mass is 9.72. The molecule has 0 spiro atoms. The summed E-state index contributed by atoms with van der Waals surface area (Å²) < 4.78 is 22.8. The number of nitrogens with zero attached hydrogens (tertiary/aromatic N) is 4. The number of methoxy groups -OCH3 is 4. The van der Waals surface area contributed by atoms with E-state index in [-0.39, 0.29) is 29.8 Å². The first-order valence-electron chi connectivity index (χ1n) is 10.5. The van der Waals surface area contributed by atoms with E-state index in [1.807, 2.05) is 13.8 Å². The second kappa shape index (κ2) is 8.94. The molecule has 0 unspecified atom stereocenters. The fraction of sp³-hybridized carbons (Fsp3) is 0.818. The van der Waals surface area contributed by atoms with Gasteiger partial charge in [0, 0.05) is 5.92 Å².